The van der Waals surface area contributed by atoms with Crippen molar-refractivity contribution in [2.24, 2.45) is 0 Å². The number of hydrogen-bond donors (Lipinski definition) is 0. The molecule has 0 amide bonds. The van der Waals surface area contributed by atoms with Crippen LogP contribution >= 0.6 is 0 Å². The molecule has 0 bridgehead atoms. The molecule has 246 valence electrons. The van der Waals surface area contributed by atoms with Gasteiger partial charge in [-0.2, -0.15) is 0 Å². The molecular weight excluding hydrogens is 631 g/mol. The zero-order valence-electron chi connectivity index (χ0n) is 29.7. The van der Waals surface area contributed by atoms with Gasteiger partial charge in [0.2, 0.25) is 0 Å². The van der Waals surface area contributed by atoms with E-state index in [0.29, 0.717) is 0 Å². The zero-order valence-corrected chi connectivity index (χ0v) is 29.7. The fourth-order valence-electron chi connectivity index (χ4n) is 10.5. The normalized spacial score (nSPS) is 16.3. The highest BCUT2D eigenvalue weighted by Gasteiger charge is 2.52. The Balaban J connectivity index is 1.34. The summed E-state index contributed by atoms with van der Waals surface area (Å²) in [6.45, 7) is 9.54. The summed E-state index contributed by atoms with van der Waals surface area (Å²) in [5.74, 6) is 0. The molecule has 0 fully saturated rings. The summed E-state index contributed by atoms with van der Waals surface area (Å²) in [4.78, 5) is 5.27. The quantitative estimate of drug-likeness (QED) is 0.163. The lowest BCUT2D eigenvalue weighted by atomic mass is 9.42. The van der Waals surface area contributed by atoms with Gasteiger partial charge in [-0.05, 0) is 92.3 Å². The Kier molecular flexibility index (Phi) is 5.21. The summed E-state index contributed by atoms with van der Waals surface area (Å²) >= 11 is 0. The minimum atomic E-state index is -0.177. The molecule has 3 aliphatic heterocycles. The molecule has 52 heavy (non-hydrogen) atoms. The van der Waals surface area contributed by atoms with Gasteiger partial charge in [0.05, 0.1) is 11.1 Å². The second-order valence-corrected chi connectivity index (χ2v) is 16.0. The minimum absolute atomic E-state index is 0.0763. The van der Waals surface area contributed by atoms with Crippen LogP contribution in [0.4, 0.5) is 28.4 Å². The van der Waals surface area contributed by atoms with Gasteiger partial charge in [-0.3, -0.25) is 0 Å². The maximum absolute atomic E-state index is 6.64. The van der Waals surface area contributed by atoms with Crippen molar-refractivity contribution in [1.29, 1.82) is 0 Å². The van der Waals surface area contributed by atoms with E-state index < -0.39 is 0 Å². The van der Waals surface area contributed by atoms with E-state index in [1.807, 2.05) is 0 Å². The summed E-state index contributed by atoms with van der Waals surface area (Å²) in [5.41, 5.74) is 21.3. The molecule has 12 rings (SSSR count). The molecule has 0 radical (unpaired) electrons. The van der Waals surface area contributed by atoms with Crippen molar-refractivity contribution in [1.82, 2.24) is 0 Å². The van der Waals surface area contributed by atoms with Crippen molar-refractivity contribution in [2.75, 3.05) is 9.71 Å². The highest BCUT2D eigenvalue weighted by Crippen LogP contribution is 2.60. The molecule has 0 atom stereocenters. The lowest BCUT2D eigenvalue weighted by molar-refractivity contribution is 0.632. The average Bonchev–Trinajstić information content (AvgIpc) is 3.66. The summed E-state index contributed by atoms with van der Waals surface area (Å²) < 4.78 is 6.64. The first-order valence-electron chi connectivity index (χ1n) is 18.5. The van der Waals surface area contributed by atoms with Gasteiger partial charge in [0, 0.05) is 44.5 Å². The third-order valence-electron chi connectivity index (χ3n) is 12.8. The number of anilines is 5. The number of benzene rings is 7. The summed E-state index contributed by atoms with van der Waals surface area (Å²) in [7, 11) is 0. The standard InChI is InChI=1S/C48H35BN2O/c1-47(2)32-19-10-8-17-29(32)41-35(47)27-38-44-43(41)31-25-26-40-42(30-18-9-13-24-39(30)52-40)45(31)51(28-15-6-5-7-16-28)49(44)36-22-14-21-34-46(36)50(38)37-23-12-11-20-33(37)48(34,3)4/h5-27H,1-4H3. The Morgan fingerprint density at radius 3 is 2.10 bits per heavy atom. The molecule has 0 unspecified atom stereocenters. The smallest absolute Gasteiger partial charge is 0.333 e. The maximum atomic E-state index is 6.64. The molecule has 1 aliphatic carbocycles. The van der Waals surface area contributed by atoms with Crippen LogP contribution in [-0.4, -0.2) is 6.85 Å². The molecular formula is C48H35BN2O. The number of para-hydroxylation sites is 4. The third-order valence-corrected chi connectivity index (χ3v) is 12.8. The van der Waals surface area contributed by atoms with Crippen LogP contribution in [0.25, 0.3) is 44.2 Å². The average molecular weight is 667 g/mol. The first kappa shape index (κ1) is 28.7. The van der Waals surface area contributed by atoms with Crippen molar-refractivity contribution in [3.63, 3.8) is 0 Å². The predicted octanol–water partition coefficient (Wildman–Crippen LogP) is 11.2. The van der Waals surface area contributed by atoms with Crippen LogP contribution in [0.5, 0.6) is 0 Å². The first-order chi connectivity index (χ1) is 25.4. The van der Waals surface area contributed by atoms with Crippen molar-refractivity contribution in [3.05, 3.63) is 162 Å². The van der Waals surface area contributed by atoms with E-state index in [1.54, 1.807) is 0 Å². The minimum Gasteiger partial charge on any atom is -0.456 e. The van der Waals surface area contributed by atoms with Crippen LogP contribution < -0.4 is 20.6 Å². The van der Waals surface area contributed by atoms with Gasteiger partial charge in [0.1, 0.15) is 11.2 Å². The number of furan rings is 1. The van der Waals surface area contributed by atoms with Crippen molar-refractivity contribution < 1.29 is 4.42 Å². The summed E-state index contributed by atoms with van der Waals surface area (Å²) in [5, 5.41) is 2.32. The van der Waals surface area contributed by atoms with Crippen molar-refractivity contribution in [3.8, 4) is 22.3 Å². The SMILES string of the molecule is CC1(C)c2ccccc2-c2c1cc1c3c2-c2ccc4oc5ccccc5c4c2N(c2ccccc2)B3c2cccc3c2N1c1ccccc1C3(C)C. The van der Waals surface area contributed by atoms with Crippen LogP contribution in [0.2, 0.25) is 0 Å². The first-order valence-corrected chi connectivity index (χ1v) is 18.5. The van der Waals surface area contributed by atoms with E-state index in [-0.39, 0.29) is 17.7 Å². The lowest BCUT2D eigenvalue weighted by Gasteiger charge is -2.51. The molecule has 7 aromatic carbocycles. The van der Waals surface area contributed by atoms with E-state index in [9.17, 15) is 0 Å². The molecule has 1 aromatic heterocycles. The van der Waals surface area contributed by atoms with E-state index in [1.165, 1.54) is 89.3 Å². The molecule has 0 saturated carbocycles. The largest absolute Gasteiger partial charge is 0.456 e. The van der Waals surface area contributed by atoms with Gasteiger partial charge in [-0.25, -0.2) is 0 Å². The maximum Gasteiger partial charge on any atom is 0.333 e. The van der Waals surface area contributed by atoms with E-state index in [2.05, 4.69) is 177 Å². The number of hydrogen-bond acceptors (Lipinski definition) is 3. The molecule has 4 heterocycles. The fraction of sp³-hybridized carbons (Fsp3) is 0.125. The second kappa shape index (κ2) is 9.46. The van der Waals surface area contributed by atoms with Gasteiger partial charge in [-0.1, -0.05) is 125 Å². The van der Waals surface area contributed by atoms with Crippen LogP contribution in [0.15, 0.2) is 144 Å². The van der Waals surface area contributed by atoms with Crippen LogP contribution in [0.1, 0.15) is 49.9 Å². The van der Waals surface area contributed by atoms with Gasteiger partial charge in [0.25, 0.3) is 0 Å². The molecule has 0 saturated heterocycles. The molecule has 8 aromatic rings. The van der Waals surface area contributed by atoms with E-state index in [0.717, 1.165) is 16.6 Å². The molecule has 3 nitrogen and oxygen atoms in total. The second-order valence-electron chi connectivity index (χ2n) is 16.0. The molecule has 4 heteroatoms. The predicted molar refractivity (Wildman–Crippen MR) is 217 cm³/mol. The Hall–Kier alpha value is -6.00. The van der Waals surface area contributed by atoms with E-state index in [4.69, 9.17) is 4.42 Å². The molecule has 4 aliphatic rings. The van der Waals surface area contributed by atoms with Gasteiger partial charge < -0.3 is 14.1 Å². The van der Waals surface area contributed by atoms with Crippen molar-refractivity contribution in [2.45, 2.75) is 38.5 Å². The Bertz CT molecular complexity index is 2880. The molecule has 0 N–H and O–H groups in total. The number of rotatable bonds is 1. The Morgan fingerprint density at radius 1 is 0.519 bits per heavy atom. The number of fused-ring (bicyclic) bond motifs is 14. The topological polar surface area (TPSA) is 19.6 Å². The fourth-order valence-corrected chi connectivity index (χ4v) is 10.5. The van der Waals surface area contributed by atoms with E-state index >= 15 is 0 Å². The number of nitrogens with zero attached hydrogens (tertiary/aromatic N) is 2. The summed E-state index contributed by atoms with van der Waals surface area (Å²) in [6, 6.07) is 52.0. The van der Waals surface area contributed by atoms with Crippen LogP contribution in [-0.2, 0) is 10.8 Å². The lowest BCUT2D eigenvalue weighted by Crippen LogP contribution is -2.62. The highest BCUT2D eigenvalue weighted by molar-refractivity contribution is 6.94. The Morgan fingerprint density at radius 2 is 1.23 bits per heavy atom. The van der Waals surface area contributed by atoms with Gasteiger partial charge >= 0.3 is 6.85 Å². The summed E-state index contributed by atoms with van der Waals surface area (Å²) in [6.07, 6.45) is 0. The molecule has 0 spiro atoms. The Labute approximate surface area is 303 Å². The third kappa shape index (κ3) is 3.26. The van der Waals surface area contributed by atoms with Crippen LogP contribution in [0.3, 0.4) is 0 Å². The van der Waals surface area contributed by atoms with Gasteiger partial charge in [-0.15, -0.1) is 0 Å². The monoisotopic (exact) mass is 666 g/mol. The zero-order chi connectivity index (χ0) is 34.7. The highest BCUT2D eigenvalue weighted by atomic mass is 16.3. The van der Waals surface area contributed by atoms with Crippen LogP contribution in [0, 0.1) is 0 Å². The van der Waals surface area contributed by atoms with Crippen molar-refractivity contribution >= 4 is 68.1 Å². The van der Waals surface area contributed by atoms with Gasteiger partial charge in [0.15, 0.2) is 0 Å².